The van der Waals surface area contributed by atoms with Crippen molar-refractivity contribution in [3.8, 4) is 0 Å². The zero-order valence-electron chi connectivity index (χ0n) is 12.8. The van der Waals surface area contributed by atoms with Crippen LogP contribution in [0.3, 0.4) is 0 Å². The van der Waals surface area contributed by atoms with Gasteiger partial charge in [0.15, 0.2) is 0 Å². The Bertz CT molecular complexity index is 1240. The summed E-state index contributed by atoms with van der Waals surface area (Å²) in [5, 5.41) is 20.4. The molecule has 0 unspecified atom stereocenters. The highest BCUT2D eigenvalue weighted by Crippen LogP contribution is 2.19. The van der Waals surface area contributed by atoms with Gasteiger partial charge in [-0.2, -0.15) is 0 Å². The van der Waals surface area contributed by atoms with Crippen molar-refractivity contribution < 1.29 is 13.8 Å². The molecule has 0 aliphatic carbocycles. The number of non-ortho nitro benzene ring substituents is 1. The van der Waals surface area contributed by atoms with Crippen LogP contribution in [0.25, 0.3) is 21.9 Å². The van der Waals surface area contributed by atoms with E-state index in [1.165, 1.54) is 18.2 Å². The maximum absolute atomic E-state index is 10.8. The van der Waals surface area contributed by atoms with E-state index in [1.54, 1.807) is 18.2 Å². The largest absolute Gasteiger partial charge is 0.437 e. The number of nitro groups is 1. The molecule has 0 aliphatic rings. The molecule has 0 radical (unpaired) electrons. The fourth-order valence-corrected chi connectivity index (χ4v) is 2.41. The SMILES string of the molecule is O=[N+]([O-])c1ccc2o/c(=N\N=c3\ccc4ccccc4o3)ccc2c1. The quantitative estimate of drug-likeness (QED) is 0.414. The molecule has 4 aromatic rings. The van der Waals surface area contributed by atoms with Crippen molar-refractivity contribution in [2.75, 3.05) is 0 Å². The molecule has 7 nitrogen and oxygen atoms in total. The van der Waals surface area contributed by atoms with E-state index in [2.05, 4.69) is 10.2 Å². The Labute approximate surface area is 140 Å². The van der Waals surface area contributed by atoms with Gasteiger partial charge in [0.1, 0.15) is 11.2 Å². The molecule has 0 N–H and O–H groups in total. The molecule has 0 saturated carbocycles. The highest BCUT2D eigenvalue weighted by molar-refractivity contribution is 5.78. The Balaban J connectivity index is 1.77. The first-order chi connectivity index (χ1) is 12.2. The molecular formula is C18H11N3O4. The summed E-state index contributed by atoms with van der Waals surface area (Å²) >= 11 is 0. The molecule has 0 amide bonds. The Morgan fingerprint density at radius 1 is 0.760 bits per heavy atom. The van der Waals surface area contributed by atoms with E-state index in [0.717, 1.165) is 5.39 Å². The van der Waals surface area contributed by atoms with Crippen LogP contribution >= 0.6 is 0 Å². The maximum Gasteiger partial charge on any atom is 0.270 e. The van der Waals surface area contributed by atoms with Crippen LogP contribution in [0.2, 0.25) is 0 Å². The van der Waals surface area contributed by atoms with Crippen LogP contribution in [0, 0.1) is 10.1 Å². The average Bonchev–Trinajstić information content (AvgIpc) is 2.65. The third-order valence-corrected chi connectivity index (χ3v) is 3.61. The number of nitro benzene ring substituents is 1. The van der Waals surface area contributed by atoms with Gasteiger partial charge in [-0.25, -0.2) is 0 Å². The lowest BCUT2D eigenvalue weighted by molar-refractivity contribution is -0.384. The molecular weight excluding hydrogens is 322 g/mol. The lowest BCUT2D eigenvalue weighted by Gasteiger charge is -1.96. The average molecular weight is 333 g/mol. The van der Waals surface area contributed by atoms with Gasteiger partial charge < -0.3 is 8.83 Å². The van der Waals surface area contributed by atoms with Gasteiger partial charge in [0, 0.05) is 35.0 Å². The van der Waals surface area contributed by atoms with Crippen LogP contribution in [0.5, 0.6) is 0 Å². The van der Waals surface area contributed by atoms with Crippen molar-refractivity contribution >= 4 is 27.6 Å². The second-order valence-electron chi connectivity index (χ2n) is 5.26. The molecule has 7 heteroatoms. The van der Waals surface area contributed by atoms with Gasteiger partial charge in [0.2, 0.25) is 11.1 Å². The van der Waals surface area contributed by atoms with Crippen molar-refractivity contribution in [3.05, 3.63) is 88.0 Å². The molecule has 2 aromatic heterocycles. The van der Waals surface area contributed by atoms with Crippen LogP contribution in [-0.4, -0.2) is 4.92 Å². The number of benzene rings is 2. The summed E-state index contributed by atoms with van der Waals surface area (Å²) < 4.78 is 11.2. The lowest BCUT2D eigenvalue weighted by Crippen LogP contribution is -2.02. The predicted octanol–water partition coefficient (Wildman–Crippen LogP) is 3.50. The molecule has 0 atom stereocenters. The number of hydrogen-bond acceptors (Lipinski definition) is 6. The zero-order valence-corrected chi connectivity index (χ0v) is 12.8. The number of hydrogen-bond donors (Lipinski definition) is 0. The minimum absolute atomic E-state index is 0.00652. The summed E-state index contributed by atoms with van der Waals surface area (Å²) in [6.07, 6.45) is 0. The maximum atomic E-state index is 10.8. The second kappa shape index (κ2) is 6.04. The Kier molecular flexibility index (Phi) is 3.59. The van der Waals surface area contributed by atoms with Crippen molar-refractivity contribution in [2.45, 2.75) is 0 Å². The fourth-order valence-electron chi connectivity index (χ4n) is 2.41. The lowest BCUT2D eigenvalue weighted by atomic mass is 10.2. The van der Waals surface area contributed by atoms with Crippen LogP contribution in [0.15, 0.2) is 85.8 Å². The van der Waals surface area contributed by atoms with E-state index in [-0.39, 0.29) is 11.2 Å². The first-order valence-electron chi connectivity index (χ1n) is 7.44. The Morgan fingerprint density at radius 3 is 2.12 bits per heavy atom. The summed E-state index contributed by atoms with van der Waals surface area (Å²) in [5.41, 5.74) is 1.81. The predicted molar refractivity (Wildman–Crippen MR) is 90.2 cm³/mol. The highest BCUT2D eigenvalue weighted by atomic mass is 16.6. The van der Waals surface area contributed by atoms with E-state index >= 15 is 0 Å². The second-order valence-corrected chi connectivity index (χ2v) is 5.26. The van der Waals surface area contributed by atoms with Crippen LogP contribution in [-0.2, 0) is 0 Å². The monoisotopic (exact) mass is 333 g/mol. The molecule has 122 valence electrons. The number of para-hydroxylation sites is 1. The zero-order chi connectivity index (χ0) is 17.2. The van der Waals surface area contributed by atoms with E-state index < -0.39 is 4.92 Å². The molecule has 0 spiro atoms. The first kappa shape index (κ1) is 14.8. The number of nitrogens with zero attached hydrogens (tertiary/aromatic N) is 3. The van der Waals surface area contributed by atoms with E-state index in [4.69, 9.17) is 8.83 Å². The van der Waals surface area contributed by atoms with Crippen molar-refractivity contribution in [1.29, 1.82) is 0 Å². The van der Waals surface area contributed by atoms with E-state index in [1.807, 2.05) is 30.3 Å². The Hall–Kier alpha value is -3.74. The van der Waals surface area contributed by atoms with Crippen molar-refractivity contribution in [2.24, 2.45) is 10.2 Å². The standard InChI is InChI=1S/C18H11N3O4/c22-21(23)14-7-8-16-13(11-14)6-10-18(25-16)20-19-17-9-5-12-3-1-2-4-15(12)24-17/h1-11H/b19-17-,20-18-. The number of rotatable bonds is 2. The van der Waals surface area contributed by atoms with Gasteiger partial charge in [0.05, 0.1) is 4.92 Å². The van der Waals surface area contributed by atoms with Crippen LogP contribution in [0.4, 0.5) is 5.69 Å². The molecule has 0 bridgehead atoms. The Morgan fingerprint density at radius 2 is 1.40 bits per heavy atom. The molecule has 4 rings (SSSR count). The summed E-state index contributed by atoms with van der Waals surface area (Å²) in [6, 6.07) is 18.9. The normalized spacial score (nSPS) is 12.8. The van der Waals surface area contributed by atoms with Gasteiger partial charge in [-0.1, -0.05) is 18.2 Å². The van der Waals surface area contributed by atoms with Crippen LogP contribution in [0.1, 0.15) is 0 Å². The van der Waals surface area contributed by atoms with Gasteiger partial charge in [-0.15, -0.1) is 10.2 Å². The molecule has 2 heterocycles. The van der Waals surface area contributed by atoms with Gasteiger partial charge in [0.25, 0.3) is 5.69 Å². The third kappa shape index (κ3) is 3.02. The molecule has 0 saturated heterocycles. The molecule has 0 aliphatic heterocycles. The fraction of sp³-hybridized carbons (Fsp3) is 0. The molecule has 0 fully saturated rings. The van der Waals surface area contributed by atoms with Crippen molar-refractivity contribution in [1.82, 2.24) is 0 Å². The summed E-state index contributed by atoms with van der Waals surface area (Å²) in [5.74, 6) is 0. The minimum Gasteiger partial charge on any atom is -0.437 e. The smallest absolute Gasteiger partial charge is 0.270 e. The number of fused-ring (bicyclic) bond motifs is 2. The minimum atomic E-state index is -0.450. The highest BCUT2D eigenvalue weighted by Gasteiger charge is 2.06. The van der Waals surface area contributed by atoms with Gasteiger partial charge >= 0.3 is 0 Å². The third-order valence-electron chi connectivity index (χ3n) is 3.61. The molecule has 2 aromatic carbocycles. The van der Waals surface area contributed by atoms with Gasteiger partial charge in [-0.05, 0) is 24.3 Å². The molecule has 25 heavy (non-hydrogen) atoms. The summed E-state index contributed by atoms with van der Waals surface area (Å²) in [6.45, 7) is 0. The van der Waals surface area contributed by atoms with Crippen LogP contribution < -0.4 is 11.1 Å². The summed E-state index contributed by atoms with van der Waals surface area (Å²) in [7, 11) is 0. The first-order valence-corrected chi connectivity index (χ1v) is 7.44. The topological polar surface area (TPSA) is 94.1 Å². The van der Waals surface area contributed by atoms with E-state index in [0.29, 0.717) is 22.1 Å². The van der Waals surface area contributed by atoms with E-state index in [9.17, 15) is 10.1 Å². The van der Waals surface area contributed by atoms with Crippen molar-refractivity contribution in [3.63, 3.8) is 0 Å². The summed E-state index contributed by atoms with van der Waals surface area (Å²) in [4.78, 5) is 10.3. The van der Waals surface area contributed by atoms with Gasteiger partial charge in [-0.3, -0.25) is 10.1 Å².